The predicted molar refractivity (Wildman–Crippen MR) is 79.7 cm³/mol. The molecule has 2 rings (SSSR count). The van der Waals surface area contributed by atoms with Gasteiger partial charge in [0.05, 0.1) is 5.25 Å². The third-order valence-corrected chi connectivity index (χ3v) is 4.39. The number of nitrogens with one attached hydrogen (secondary N) is 1. The van der Waals surface area contributed by atoms with Crippen LogP contribution in [0, 0.1) is 0 Å². The Kier molecular flexibility index (Phi) is 5.46. The fourth-order valence-corrected chi connectivity index (χ4v) is 2.92. The lowest BCUT2D eigenvalue weighted by molar-refractivity contribution is -0.120. The number of hydrogen-bond donors (Lipinski definition) is 2. The van der Waals surface area contributed by atoms with Crippen LogP contribution >= 0.6 is 11.8 Å². The second kappa shape index (κ2) is 7.33. The van der Waals surface area contributed by atoms with Gasteiger partial charge < -0.3 is 11.2 Å². The topological polar surface area (TPSA) is 85.8 Å². The molecule has 7 heteroatoms. The monoisotopic (exact) mass is 295 g/mol. The van der Waals surface area contributed by atoms with Gasteiger partial charge >= 0.3 is 0 Å². The second-order valence-corrected chi connectivity index (χ2v) is 6.24. The van der Waals surface area contributed by atoms with E-state index in [0.29, 0.717) is 11.7 Å². The highest BCUT2D eigenvalue weighted by molar-refractivity contribution is 8.00. The number of carbonyl (C=O) groups is 1. The van der Waals surface area contributed by atoms with Gasteiger partial charge in [0.15, 0.2) is 0 Å². The molecule has 1 atom stereocenters. The van der Waals surface area contributed by atoms with Crippen LogP contribution < -0.4 is 11.2 Å². The fraction of sp³-hybridized carbons (Fsp3) is 0.615. The number of carbonyl (C=O) groups excluding carboxylic acids is 1. The molecule has 1 aliphatic rings. The zero-order valence-electron chi connectivity index (χ0n) is 11.7. The highest BCUT2D eigenvalue weighted by Crippen LogP contribution is 2.21. The van der Waals surface area contributed by atoms with Crippen LogP contribution in [0.5, 0.6) is 0 Å². The van der Waals surface area contributed by atoms with Gasteiger partial charge in [0.1, 0.15) is 6.33 Å². The number of nitrogens with two attached hydrogens (primary N) is 1. The molecule has 0 aromatic carbocycles. The first-order valence-corrected chi connectivity index (χ1v) is 7.82. The Labute approximate surface area is 123 Å². The number of rotatable bonds is 6. The molecule has 110 valence electrons. The van der Waals surface area contributed by atoms with Crippen LogP contribution in [0.2, 0.25) is 0 Å². The highest BCUT2D eigenvalue weighted by atomic mass is 32.2. The molecule has 1 aromatic rings. The van der Waals surface area contributed by atoms with Gasteiger partial charge in [0.25, 0.3) is 0 Å². The van der Waals surface area contributed by atoms with Gasteiger partial charge in [0.2, 0.25) is 11.1 Å². The minimum Gasteiger partial charge on any atom is -0.355 e. The Hall–Kier alpha value is -1.50. The van der Waals surface area contributed by atoms with Gasteiger partial charge in [0, 0.05) is 6.54 Å². The Bertz CT molecular complexity index is 485. The van der Waals surface area contributed by atoms with E-state index in [9.17, 15) is 4.79 Å². The van der Waals surface area contributed by atoms with Crippen LogP contribution in [0.25, 0.3) is 0 Å². The zero-order chi connectivity index (χ0) is 14.4. The standard InChI is InChI=1S/C13H21N5OS/c1-10(20-13-17-16-9-18(13)14)12(19)15-8-7-11-5-3-2-4-6-11/h5,9-10H,2-4,6-8,14H2,1H3,(H,15,19)/t10-/m0/s1. The Balaban J connectivity index is 1.71. The van der Waals surface area contributed by atoms with E-state index in [2.05, 4.69) is 21.6 Å². The number of aromatic nitrogens is 3. The fourth-order valence-electron chi connectivity index (χ4n) is 2.15. The lowest BCUT2D eigenvalue weighted by Gasteiger charge is -2.14. The van der Waals surface area contributed by atoms with Crippen molar-refractivity contribution < 1.29 is 4.79 Å². The lowest BCUT2D eigenvalue weighted by Crippen LogP contribution is -2.32. The summed E-state index contributed by atoms with van der Waals surface area (Å²) in [6.07, 6.45) is 9.61. The molecule has 1 aromatic heterocycles. The summed E-state index contributed by atoms with van der Waals surface area (Å²) in [6, 6.07) is 0. The molecule has 0 radical (unpaired) electrons. The molecule has 20 heavy (non-hydrogen) atoms. The van der Waals surface area contributed by atoms with Crippen molar-refractivity contribution in [1.29, 1.82) is 0 Å². The number of hydrogen-bond acceptors (Lipinski definition) is 5. The van der Waals surface area contributed by atoms with Crippen LogP contribution in [0.4, 0.5) is 0 Å². The van der Waals surface area contributed by atoms with E-state index < -0.39 is 0 Å². The summed E-state index contributed by atoms with van der Waals surface area (Å²) in [6.45, 7) is 2.54. The van der Waals surface area contributed by atoms with Gasteiger partial charge in [-0.15, -0.1) is 10.2 Å². The van der Waals surface area contributed by atoms with Crippen molar-refractivity contribution >= 4 is 17.7 Å². The van der Waals surface area contributed by atoms with E-state index in [1.165, 1.54) is 54.0 Å². The maximum absolute atomic E-state index is 12.0. The van der Waals surface area contributed by atoms with Crippen molar-refractivity contribution in [2.75, 3.05) is 12.4 Å². The van der Waals surface area contributed by atoms with Crippen LogP contribution in [-0.4, -0.2) is 32.6 Å². The second-order valence-electron chi connectivity index (χ2n) is 4.93. The minimum absolute atomic E-state index is 0.00871. The van der Waals surface area contributed by atoms with E-state index in [0.717, 1.165) is 6.42 Å². The maximum atomic E-state index is 12.0. The molecule has 0 aliphatic heterocycles. The van der Waals surface area contributed by atoms with Crippen molar-refractivity contribution in [3.63, 3.8) is 0 Å². The van der Waals surface area contributed by atoms with Crippen molar-refractivity contribution in [2.45, 2.75) is 49.4 Å². The Morgan fingerprint density at radius 3 is 3.10 bits per heavy atom. The van der Waals surface area contributed by atoms with Crippen LogP contribution in [0.3, 0.4) is 0 Å². The SMILES string of the molecule is C[C@H](Sc1nncn1N)C(=O)NCCC1=CCCCC1. The molecule has 6 nitrogen and oxygen atoms in total. The quantitative estimate of drug-likeness (QED) is 0.471. The van der Waals surface area contributed by atoms with Crippen molar-refractivity contribution in [2.24, 2.45) is 0 Å². The maximum Gasteiger partial charge on any atom is 0.233 e. The summed E-state index contributed by atoms with van der Waals surface area (Å²) in [4.78, 5) is 12.0. The molecule has 0 bridgehead atoms. The van der Waals surface area contributed by atoms with Gasteiger partial charge in [-0.2, -0.15) is 0 Å². The zero-order valence-corrected chi connectivity index (χ0v) is 12.5. The summed E-state index contributed by atoms with van der Waals surface area (Å²) in [7, 11) is 0. The summed E-state index contributed by atoms with van der Waals surface area (Å²) < 4.78 is 1.32. The van der Waals surface area contributed by atoms with Gasteiger partial charge in [-0.25, -0.2) is 4.68 Å². The molecule has 0 unspecified atom stereocenters. The van der Waals surface area contributed by atoms with Crippen LogP contribution in [0.15, 0.2) is 23.1 Å². The van der Waals surface area contributed by atoms with E-state index in [1.807, 2.05) is 6.92 Å². The molecule has 1 heterocycles. The molecule has 0 saturated carbocycles. The van der Waals surface area contributed by atoms with Gasteiger partial charge in [-0.3, -0.25) is 4.79 Å². The Morgan fingerprint density at radius 1 is 1.60 bits per heavy atom. The van der Waals surface area contributed by atoms with Gasteiger partial charge in [-0.1, -0.05) is 23.4 Å². The van der Waals surface area contributed by atoms with E-state index in [1.54, 1.807) is 0 Å². The normalized spacial score (nSPS) is 16.6. The van der Waals surface area contributed by atoms with Crippen LogP contribution in [-0.2, 0) is 4.79 Å². The molecule has 0 spiro atoms. The van der Waals surface area contributed by atoms with Gasteiger partial charge in [-0.05, 0) is 39.0 Å². The van der Waals surface area contributed by atoms with Crippen molar-refractivity contribution in [3.8, 4) is 0 Å². The first kappa shape index (κ1) is 14.9. The molecule has 0 saturated heterocycles. The van der Waals surface area contributed by atoms with E-state index in [4.69, 9.17) is 5.84 Å². The number of thioether (sulfide) groups is 1. The predicted octanol–water partition coefficient (Wildman–Crippen LogP) is 1.48. The van der Waals surface area contributed by atoms with Crippen LogP contribution in [0.1, 0.15) is 39.0 Å². The molecule has 0 fully saturated rings. The Morgan fingerprint density at radius 2 is 2.45 bits per heavy atom. The number of amides is 1. The van der Waals surface area contributed by atoms with Crippen molar-refractivity contribution in [3.05, 3.63) is 18.0 Å². The lowest BCUT2D eigenvalue weighted by atomic mass is 9.97. The molecular weight excluding hydrogens is 274 g/mol. The average molecular weight is 295 g/mol. The third-order valence-electron chi connectivity index (χ3n) is 3.32. The summed E-state index contributed by atoms with van der Waals surface area (Å²) in [5.41, 5.74) is 1.47. The molecular formula is C13H21N5OS. The molecule has 1 aliphatic carbocycles. The third kappa shape index (κ3) is 4.26. The highest BCUT2D eigenvalue weighted by Gasteiger charge is 2.17. The minimum atomic E-state index is -0.234. The molecule has 3 N–H and O–H groups in total. The summed E-state index contributed by atoms with van der Waals surface area (Å²) >= 11 is 1.31. The van der Waals surface area contributed by atoms with Crippen molar-refractivity contribution in [1.82, 2.24) is 20.2 Å². The number of nitrogen functional groups attached to an aromatic ring is 1. The summed E-state index contributed by atoms with van der Waals surface area (Å²) in [5, 5.41) is 10.8. The summed E-state index contributed by atoms with van der Waals surface area (Å²) in [5.74, 6) is 5.63. The van der Waals surface area contributed by atoms with E-state index in [-0.39, 0.29) is 11.2 Å². The first-order valence-electron chi connectivity index (χ1n) is 6.94. The number of allylic oxidation sites excluding steroid dienone is 1. The number of nitrogens with zero attached hydrogens (tertiary/aromatic N) is 3. The first-order chi connectivity index (χ1) is 9.66. The van der Waals surface area contributed by atoms with E-state index >= 15 is 0 Å². The largest absolute Gasteiger partial charge is 0.355 e. The molecule has 1 amide bonds. The smallest absolute Gasteiger partial charge is 0.233 e. The average Bonchev–Trinajstić information content (AvgIpc) is 2.85.